The summed E-state index contributed by atoms with van der Waals surface area (Å²) < 4.78 is 11.1. The van der Waals surface area contributed by atoms with E-state index in [4.69, 9.17) is 9.47 Å². The van der Waals surface area contributed by atoms with E-state index in [1.165, 1.54) is 0 Å². The van der Waals surface area contributed by atoms with Crippen molar-refractivity contribution in [2.75, 3.05) is 6.61 Å². The van der Waals surface area contributed by atoms with Crippen molar-refractivity contribution >= 4 is 21.9 Å². The molecule has 104 valence electrons. The van der Waals surface area contributed by atoms with Crippen LogP contribution in [0.1, 0.15) is 22.8 Å². The second-order valence-electron chi connectivity index (χ2n) is 3.97. The van der Waals surface area contributed by atoms with Crippen molar-refractivity contribution in [2.24, 2.45) is 0 Å². The monoisotopic (exact) mass is 335 g/mol. The van der Waals surface area contributed by atoms with Gasteiger partial charge in [-0.2, -0.15) is 0 Å². The number of esters is 1. The highest BCUT2D eigenvalue weighted by Crippen LogP contribution is 2.26. The topological polar surface area (TPSA) is 48.4 Å². The van der Waals surface area contributed by atoms with Crippen LogP contribution in [0.5, 0.6) is 5.75 Å². The molecule has 0 aliphatic rings. The fourth-order valence-electron chi connectivity index (χ4n) is 1.66. The van der Waals surface area contributed by atoms with Gasteiger partial charge in [0.15, 0.2) is 0 Å². The van der Waals surface area contributed by atoms with Gasteiger partial charge in [0, 0.05) is 6.20 Å². The van der Waals surface area contributed by atoms with E-state index in [-0.39, 0.29) is 0 Å². The fraction of sp³-hybridized carbons (Fsp3) is 0.200. The highest BCUT2D eigenvalue weighted by atomic mass is 79.9. The summed E-state index contributed by atoms with van der Waals surface area (Å²) >= 11 is 3.25. The van der Waals surface area contributed by atoms with Crippen molar-refractivity contribution < 1.29 is 14.3 Å². The Labute approximate surface area is 125 Å². The number of hydrogen-bond donors (Lipinski definition) is 0. The highest BCUT2D eigenvalue weighted by Gasteiger charge is 2.18. The lowest BCUT2D eigenvalue weighted by molar-refractivity contribution is 0.0519. The summed E-state index contributed by atoms with van der Waals surface area (Å²) in [7, 11) is 0. The molecule has 4 nitrogen and oxygen atoms in total. The van der Waals surface area contributed by atoms with Gasteiger partial charge in [-0.3, -0.25) is 0 Å². The van der Waals surface area contributed by atoms with Crippen molar-refractivity contribution in [1.82, 2.24) is 4.98 Å². The quantitative estimate of drug-likeness (QED) is 0.618. The summed E-state index contributed by atoms with van der Waals surface area (Å²) in [5, 5.41) is 0. The maximum Gasteiger partial charge on any atom is 0.344 e. The Bertz CT molecular complexity index is 587. The Kier molecular flexibility index (Phi) is 5.12. The average molecular weight is 336 g/mol. The van der Waals surface area contributed by atoms with Crippen LogP contribution in [-0.2, 0) is 11.3 Å². The molecule has 2 aromatic rings. The number of carbonyl (C=O) groups excluding carboxylic acids is 1. The molecule has 0 atom stereocenters. The summed E-state index contributed by atoms with van der Waals surface area (Å²) in [5.41, 5.74) is 1.33. The van der Waals surface area contributed by atoms with Crippen molar-refractivity contribution in [1.29, 1.82) is 0 Å². The van der Waals surface area contributed by atoms with Crippen molar-refractivity contribution in [3.8, 4) is 5.75 Å². The molecule has 0 unspecified atom stereocenters. The van der Waals surface area contributed by atoms with Gasteiger partial charge in [-0.25, -0.2) is 9.78 Å². The molecule has 0 radical (unpaired) electrons. The molecule has 5 heteroatoms. The fourth-order valence-corrected chi connectivity index (χ4v) is 2.14. The largest absolute Gasteiger partial charge is 0.488 e. The van der Waals surface area contributed by atoms with E-state index >= 15 is 0 Å². The molecule has 0 aliphatic heterocycles. The third kappa shape index (κ3) is 3.57. The SMILES string of the molecule is CCOC(=O)c1c(OCc2ccccc2)ccnc1Br. The number of ether oxygens (including phenoxy) is 2. The van der Waals surface area contributed by atoms with Crippen LogP contribution in [0.25, 0.3) is 0 Å². The highest BCUT2D eigenvalue weighted by molar-refractivity contribution is 9.10. The molecular formula is C15H14BrNO3. The van der Waals surface area contributed by atoms with Gasteiger partial charge in [0.25, 0.3) is 0 Å². The van der Waals surface area contributed by atoms with E-state index in [1.54, 1.807) is 19.2 Å². The van der Waals surface area contributed by atoms with Gasteiger partial charge in [0.1, 0.15) is 22.5 Å². The lowest BCUT2D eigenvalue weighted by atomic mass is 10.2. The standard InChI is InChI=1S/C15H14BrNO3/c1-2-19-15(18)13-12(8-9-17-14(13)16)20-10-11-6-4-3-5-7-11/h3-9H,2,10H2,1H3. The molecule has 0 amide bonds. The lowest BCUT2D eigenvalue weighted by Crippen LogP contribution is -2.09. The predicted molar refractivity (Wildman–Crippen MR) is 78.7 cm³/mol. The summed E-state index contributed by atoms with van der Waals surface area (Å²) in [6, 6.07) is 11.4. The first-order valence-corrected chi connectivity index (χ1v) is 7.00. The maximum absolute atomic E-state index is 11.9. The van der Waals surface area contributed by atoms with E-state index in [0.29, 0.717) is 29.1 Å². The molecule has 0 fully saturated rings. The van der Waals surface area contributed by atoms with E-state index in [0.717, 1.165) is 5.56 Å². The number of pyridine rings is 1. The zero-order valence-corrected chi connectivity index (χ0v) is 12.6. The number of hydrogen-bond acceptors (Lipinski definition) is 4. The lowest BCUT2D eigenvalue weighted by Gasteiger charge is -2.11. The molecule has 1 aromatic heterocycles. The Morgan fingerprint density at radius 2 is 2.00 bits per heavy atom. The summed E-state index contributed by atoms with van der Waals surface area (Å²) in [6.45, 7) is 2.44. The van der Waals surface area contributed by atoms with Crippen LogP contribution in [0, 0.1) is 0 Å². The Hall–Kier alpha value is -1.88. The van der Waals surface area contributed by atoms with Gasteiger partial charge in [-0.15, -0.1) is 0 Å². The molecule has 0 spiro atoms. The smallest absolute Gasteiger partial charge is 0.344 e. The number of nitrogens with zero attached hydrogens (tertiary/aromatic N) is 1. The first kappa shape index (κ1) is 14.5. The van der Waals surface area contributed by atoms with Gasteiger partial charge in [0.2, 0.25) is 0 Å². The summed E-state index contributed by atoms with van der Waals surface area (Å²) in [4.78, 5) is 16.0. The Balaban J connectivity index is 2.19. The van der Waals surface area contributed by atoms with Crippen LogP contribution >= 0.6 is 15.9 Å². The molecule has 0 N–H and O–H groups in total. The zero-order chi connectivity index (χ0) is 14.4. The minimum atomic E-state index is -0.449. The molecule has 1 aromatic carbocycles. The predicted octanol–water partition coefficient (Wildman–Crippen LogP) is 3.60. The Morgan fingerprint density at radius 3 is 2.70 bits per heavy atom. The van der Waals surface area contributed by atoms with Crippen molar-refractivity contribution in [2.45, 2.75) is 13.5 Å². The summed E-state index contributed by atoms with van der Waals surface area (Å²) in [5.74, 6) is 0.00437. The molecule has 20 heavy (non-hydrogen) atoms. The van der Waals surface area contributed by atoms with Crippen LogP contribution in [0.4, 0.5) is 0 Å². The molecule has 2 rings (SSSR count). The van der Waals surface area contributed by atoms with Crippen molar-refractivity contribution in [3.63, 3.8) is 0 Å². The molecular weight excluding hydrogens is 322 g/mol. The third-order valence-electron chi connectivity index (χ3n) is 2.58. The number of aromatic nitrogens is 1. The van der Waals surface area contributed by atoms with Gasteiger partial charge in [0.05, 0.1) is 6.61 Å². The maximum atomic E-state index is 11.9. The van der Waals surface area contributed by atoms with E-state index in [1.807, 2.05) is 30.3 Å². The summed E-state index contributed by atoms with van der Waals surface area (Å²) in [6.07, 6.45) is 1.58. The second-order valence-corrected chi connectivity index (χ2v) is 4.72. The number of carbonyl (C=O) groups is 1. The molecule has 0 saturated heterocycles. The van der Waals surface area contributed by atoms with Gasteiger partial charge in [-0.1, -0.05) is 30.3 Å². The Morgan fingerprint density at radius 1 is 1.25 bits per heavy atom. The van der Waals surface area contributed by atoms with Crippen LogP contribution in [0.15, 0.2) is 47.2 Å². The number of halogens is 1. The van der Waals surface area contributed by atoms with E-state index in [9.17, 15) is 4.79 Å². The first-order valence-electron chi connectivity index (χ1n) is 6.20. The average Bonchev–Trinajstić information content (AvgIpc) is 2.46. The molecule has 0 bridgehead atoms. The normalized spacial score (nSPS) is 10.1. The van der Waals surface area contributed by atoms with Crippen LogP contribution in [0.3, 0.4) is 0 Å². The minimum Gasteiger partial charge on any atom is -0.488 e. The zero-order valence-electron chi connectivity index (χ0n) is 11.0. The van der Waals surface area contributed by atoms with Crippen molar-refractivity contribution in [3.05, 3.63) is 58.3 Å². The van der Waals surface area contributed by atoms with Crippen LogP contribution in [0.2, 0.25) is 0 Å². The number of rotatable bonds is 5. The first-order chi connectivity index (χ1) is 9.72. The van der Waals surface area contributed by atoms with Gasteiger partial charge in [-0.05, 0) is 34.5 Å². The molecule has 1 heterocycles. The van der Waals surface area contributed by atoms with E-state index < -0.39 is 5.97 Å². The van der Waals surface area contributed by atoms with Crippen LogP contribution < -0.4 is 4.74 Å². The molecule has 0 aliphatic carbocycles. The minimum absolute atomic E-state index is 0.304. The third-order valence-corrected chi connectivity index (χ3v) is 3.18. The van der Waals surface area contributed by atoms with Crippen LogP contribution in [-0.4, -0.2) is 17.6 Å². The van der Waals surface area contributed by atoms with E-state index in [2.05, 4.69) is 20.9 Å². The van der Waals surface area contributed by atoms with Gasteiger partial charge >= 0.3 is 5.97 Å². The number of benzene rings is 1. The van der Waals surface area contributed by atoms with Gasteiger partial charge < -0.3 is 9.47 Å². The second kappa shape index (κ2) is 7.05. The molecule has 0 saturated carbocycles.